The molecule has 1 atom stereocenters. The Hall–Kier alpha value is -0.610. The van der Waals surface area contributed by atoms with Gasteiger partial charge in [0, 0.05) is 20.1 Å². The number of nitrogens with two attached hydrogens (primary N) is 1. The molecule has 0 aliphatic heterocycles. The first-order chi connectivity index (χ1) is 6.11. The number of hydrogen-bond donors (Lipinski definition) is 2. The Balaban J connectivity index is 3.86. The highest BCUT2D eigenvalue weighted by atomic mass is 16.5. The maximum atomic E-state index is 11.2. The Morgan fingerprint density at radius 2 is 2.15 bits per heavy atom. The van der Waals surface area contributed by atoms with Gasteiger partial charge in [0.1, 0.15) is 0 Å². The first kappa shape index (κ1) is 12.4. The second kappa shape index (κ2) is 6.86. The van der Waals surface area contributed by atoms with Crippen LogP contribution in [0.5, 0.6) is 0 Å². The van der Waals surface area contributed by atoms with Gasteiger partial charge in [-0.05, 0) is 5.92 Å². The third kappa shape index (κ3) is 5.60. The van der Waals surface area contributed by atoms with Crippen molar-refractivity contribution in [2.75, 3.05) is 20.3 Å². The zero-order valence-electron chi connectivity index (χ0n) is 8.67. The summed E-state index contributed by atoms with van der Waals surface area (Å²) in [5.41, 5.74) is 5.26. The summed E-state index contributed by atoms with van der Waals surface area (Å²) in [4.78, 5) is 11.2. The molecule has 0 aromatic carbocycles. The van der Waals surface area contributed by atoms with Gasteiger partial charge in [-0.25, -0.2) is 0 Å². The summed E-state index contributed by atoms with van der Waals surface area (Å²) in [6, 6.07) is 0.0871. The van der Waals surface area contributed by atoms with Gasteiger partial charge < -0.3 is 15.8 Å². The van der Waals surface area contributed by atoms with Crippen LogP contribution in [0.4, 0.5) is 0 Å². The number of carbonyl (C=O) groups is 1. The van der Waals surface area contributed by atoms with Gasteiger partial charge in [-0.2, -0.15) is 0 Å². The highest BCUT2D eigenvalue weighted by molar-refractivity contribution is 5.76. The van der Waals surface area contributed by atoms with Crippen molar-refractivity contribution in [2.45, 2.75) is 26.3 Å². The van der Waals surface area contributed by atoms with Gasteiger partial charge in [-0.3, -0.25) is 4.79 Å². The highest BCUT2D eigenvalue weighted by Gasteiger charge is 2.14. The van der Waals surface area contributed by atoms with Crippen LogP contribution in [0.1, 0.15) is 20.3 Å². The number of nitrogens with one attached hydrogen (secondary N) is 1. The van der Waals surface area contributed by atoms with Crippen LogP contribution >= 0.6 is 0 Å². The van der Waals surface area contributed by atoms with Crippen LogP contribution < -0.4 is 11.1 Å². The summed E-state index contributed by atoms with van der Waals surface area (Å²) in [7, 11) is 1.63. The zero-order valence-corrected chi connectivity index (χ0v) is 8.67. The van der Waals surface area contributed by atoms with Gasteiger partial charge in [0.2, 0.25) is 5.91 Å². The van der Waals surface area contributed by atoms with Crippen molar-refractivity contribution in [3.63, 3.8) is 0 Å². The molecule has 78 valence electrons. The summed E-state index contributed by atoms with van der Waals surface area (Å²) in [5.74, 6) is 0.375. The van der Waals surface area contributed by atoms with E-state index in [0.29, 0.717) is 25.5 Å². The largest absolute Gasteiger partial charge is 0.383 e. The van der Waals surface area contributed by atoms with Gasteiger partial charge in [0.25, 0.3) is 0 Å². The van der Waals surface area contributed by atoms with E-state index in [1.54, 1.807) is 7.11 Å². The Morgan fingerprint density at radius 3 is 2.54 bits per heavy atom. The monoisotopic (exact) mass is 188 g/mol. The van der Waals surface area contributed by atoms with Crippen LogP contribution in [0.3, 0.4) is 0 Å². The van der Waals surface area contributed by atoms with E-state index >= 15 is 0 Å². The predicted octanol–water partition coefficient (Wildman–Crippen LogP) is 0.122. The van der Waals surface area contributed by atoms with E-state index in [4.69, 9.17) is 10.5 Å². The average Bonchev–Trinajstić information content (AvgIpc) is 2.04. The summed E-state index contributed by atoms with van der Waals surface area (Å²) < 4.78 is 5.00. The van der Waals surface area contributed by atoms with Gasteiger partial charge in [-0.15, -0.1) is 0 Å². The normalized spacial score (nSPS) is 13.0. The topological polar surface area (TPSA) is 64.3 Å². The molecule has 4 heteroatoms. The minimum absolute atomic E-state index is 0.00162. The van der Waals surface area contributed by atoms with Crippen molar-refractivity contribution in [3.05, 3.63) is 0 Å². The molecule has 3 N–H and O–H groups in total. The quantitative estimate of drug-likeness (QED) is 0.622. The van der Waals surface area contributed by atoms with E-state index in [-0.39, 0.29) is 11.9 Å². The number of carbonyl (C=O) groups excluding carboxylic acids is 1. The van der Waals surface area contributed by atoms with Crippen molar-refractivity contribution in [3.8, 4) is 0 Å². The van der Waals surface area contributed by atoms with Gasteiger partial charge in [-0.1, -0.05) is 13.8 Å². The molecule has 1 amide bonds. The lowest BCUT2D eigenvalue weighted by molar-refractivity contribution is -0.122. The highest BCUT2D eigenvalue weighted by Crippen LogP contribution is 2.01. The van der Waals surface area contributed by atoms with Gasteiger partial charge >= 0.3 is 0 Å². The predicted molar refractivity (Wildman–Crippen MR) is 52.3 cm³/mol. The summed E-state index contributed by atoms with van der Waals surface area (Å²) >= 11 is 0. The molecule has 0 aromatic heterocycles. The van der Waals surface area contributed by atoms with Crippen LogP contribution in [0.25, 0.3) is 0 Å². The van der Waals surface area contributed by atoms with E-state index in [1.807, 2.05) is 13.8 Å². The molecule has 1 unspecified atom stereocenters. The second-order valence-electron chi connectivity index (χ2n) is 3.41. The summed E-state index contributed by atoms with van der Waals surface area (Å²) in [6.45, 7) is 5.04. The Kier molecular flexibility index (Phi) is 6.54. The number of rotatable bonds is 6. The molecule has 0 rings (SSSR count). The molecule has 0 heterocycles. The molecule has 0 spiro atoms. The smallest absolute Gasteiger partial charge is 0.221 e. The molecule has 0 aliphatic carbocycles. The summed E-state index contributed by atoms with van der Waals surface area (Å²) in [5, 5.41) is 2.87. The van der Waals surface area contributed by atoms with E-state index in [1.165, 1.54) is 0 Å². The molecular formula is C9H20N2O2. The van der Waals surface area contributed by atoms with Crippen LogP contribution in [-0.2, 0) is 9.53 Å². The molecule has 13 heavy (non-hydrogen) atoms. The lowest BCUT2D eigenvalue weighted by atomic mass is 10.1. The molecule has 0 aliphatic rings. The fraction of sp³-hybridized carbons (Fsp3) is 0.889. The van der Waals surface area contributed by atoms with Crippen LogP contribution in [0, 0.1) is 5.92 Å². The van der Waals surface area contributed by atoms with Crippen molar-refractivity contribution in [2.24, 2.45) is 11.7 Å². The van der Waals surface area contributed by atoms with Gasteiger partial charge in [0.05, 0.1) is 12.6 Å². The van der Waals surface area contributed by atoms with Crippen molar-refractivity contribution in [1.29, 1.82) is 0 Å². The fourth-order valence-electron chi connectivity index (χ4n) is 0.990. The van der Waals surface area contributed by atoms with Crippen molar-refractivity contribution < 1.29 is 9.53 Å². The number of ether oxygens (including phenoxy) is 1. The molecule has 0 fully saturated rings. The number of hydrogen-bond acceptors (Lipinski definition) is 3. The van der Waals surface area contributed by atoms with Crippen molar-refractivity contribution >= 4 is 5.91 Å². The van der Waals surface area contributed by atoms with Crippen LogP contribution in [0.15, 0.2) is 0 Å². The van der Waals surface area contributed by atoms with Crippen molar-refractivity contribution in [1.82, 2.24) is 5.32 Å². The molecule has 0 bridgehead atoms. The van der Waals surface area contributed by atoms with E-state index in [0.717, 1.165) is 0 Å². The minimum atomic E-state index is -0.00162. The molecule has 0 aromatic rings. The molecule has 4 nitrogen and oxygen atoms in total. The molecule has 0 saturated carbocycles. The Morgan fingerprint density at radius 1 is 1.54 bits per heavy atom. The SMILES string of the molecule is COCC(NC(=O)CCN)C(C)C. The maximum absolute atomic E-state index is 11.2. The first-order valence-electron chi connectivity index (χ1n) is 4.60. The average molecular weight is 188 g/mol. The number of methoxy groups -OCH3 is 1. The van der Waals surface area contributed by atoms with Crippen LogP contribution in [-0.4, -0.2) is 32.2 Å². The van der Waals surface area contributed by atoms with E-state index in [9.17, 15) is 4.79 Å². The maximum Gasteiger partial charge on any atom is 0.221 e. The summed E-state index contributed by atoms with van der Waals surface area (Å²) in [6.07, 6.45) is 0.382. The second-order valence-corrected chi connectivity index (χ2v) is 3.41. The Bertz CT molecular complexity index is 149. The minimum Gasteiger partial charge on any atom is -0.383 e. The Labute approximate surface area is 79.8 Å². The number of amides is 1. The lowest BCUT2D eigenvalue weighted by Gasteiger charge is -2.21. The zero-order chi connectivity index (χ0) is 10.3. The molecular weight excluding hydrogens is 168 g/mol. The molecule has 0 saturated heterocycles. The third-order valence-electron chi connectivity index (χ3n) is 1.87. The van der Waals surface area contributed by atoms with Gasteiger partial charge in [0.15, 0.2) is 0 Å². The third-order valence-corrected chi connectivity index (χ3v) is 1.87. The fourth-order valence-corrected chi connectivity index (χ4v) is 0.990. The van der Waals surface area contributed by atoms with E-state index in [2.05, 4.69) is 5.32 Å². The van der Waals surface area contributed by atoms with E-state index < -0.39 is 0 Å². The molecule has 0 radical (unpaired) electrons. The standard InChI is InChI=1S/C9H20N2O2/c1-7(2)8(6-13-3)11-9(12)4-5-10/h7-8H,4-6,10H2,1-3H3,(H,11,12). The first-order valence-corrected chi connectivity index (χ1v) is 4.60. The van der Waals surface area contributed by atoms with Crippen LogP contribution in [0.2, 0.25) is 0 Å². The lowest BCUT2D eigenvalue weighted by Crippen LogP contribution is -2.42.